The monoisotopic (exact) mass is 235 g/mol. The van der Waals surface area contributed by atoms with Crippen molar-refractivity contribution in [1.82, 2.24) is 5.32 Å². The molecule has 0 aromatic carbocycles. The van der Waals surface area contributed by atoms with E-state index in [2.05, 4.69) is 18.3 Å². The highest BCUT2D eigenvalue weighted by Gasteiger charge is 2.16. The zero-order valence-corrected chi connectivity index (χ0v) is 11.2. The summed E-state index contributed by atoms with van der Waals surface area (Å²) in [5, 5.41) is 3.72. The Labute approximate surface area is 105 Å². The fraction of sp³-hybridized carbons (Fsp3) is 0.733. The second kappa shape index (κ2) is 6.25. The molecule has 1 aromatic heterocycles. The Balaban J connectivity index is 1.85. The van der Waals surface area contributed by atoms with Gasteiger partial charge in [-0.1, -0.05) is 32.1 Å². The minimum atomic E-state index is 0.341. The molecule has 1 fully saturated rings. The lowest BCUT2D eigenvalue weighted by molar-refractivity contribution is 0.333. The topological polar surface area (TPSA) is 25.2 Å². The van der Waals surface area contributed by atoms with Gasteiger partial charge in [0, 0.05) is 6.04 Å². The van der Waals surface area contributed by atoms with Crippen LogP contribution in [0.2, 0.25) is 0 Å². The van der Waals surface area contributed by atoms with Gasteiger partial charge in [0.15, 0.2) is 0 Å². The molecule has 2 heteroatoms. The third-order valence-corrected chi connectivity index (χ3v) is 3.78. The highest BCUT2D eigenvalue weighted by Crippen LogP contribution is 2.21. The third kappa shape index (κ3) is 3.88. The molecule has 96 valence electrons. The van der Waals surface area contributed by atoms with Crippen molar-refractivity contribution >= 4 is 0 Å². The molecule has 1 heterocycles. The summed E-state index contributed by atoms with van der Waals surface area (Å²) in [6.45, 7) is 4.21. The van der Waals surface area contributed by atoms with Crippen LogP contribution in [0.3, 0.4) is 0 Å². The minimum absolute atomic E-state index is 0.341. The molecule has 0 radical (unpaired) electrons. The van der Waals surface area contributed by atoms with Gasteiger partial charge in [-0.15, -0.1) is 0 Å². The van der Waals surface area contributed by atoms with Gasteiger partial charge < -0.3 is 9.73 Å². The number of hydrogen-bond donors (Lipinski definition) is 1. The standard InChI is InChI=1S/C15H25NO/c1-12-10-11-15(17-12)13(2)16-14-8-6-4-3-5-7-9-14/h10-11,13-14,16H,3-9H2,1-2H3. The second-order valence-electron chi connectivity index (χ2n) is 5.38. The molecule has 17 heavy (non-hydrogen) atoms. The van der Waals surface area contributed by atoms with Crippen LogP contribution in [-0.4, -0.2) is 6.04 Å². The number of nitrogens with one attached hydrogen (secondary N) is 1. The van der Waals surface area contributed by atoms with E-state index in [0.29, 0.717) is 12.1 Å². The molecular weight excluding hydrogens is 210 g/mol. The zero-order valence-electron chi connectivity index (χ0n) is 11.2. The number of rotatable bonds is 3. The lowest BCUT2D eigenvalue weighted by Crippen LogP contribution is -2.31. The van der Waals surface area contributed by atoms with Crippen molar-refractivity contribution in [1.29, 1.82) is 0 Å². The van der Waals surface area contributed by atoms with Crippen LogP contribution in [0.1, 0.15) is 69.4 Å². The van der Waals surface area contributed by atoms with E-state index in [1.165, 1.54) is 44.9 Å². The molecule has 1 aliphatic rings. The first-order valence-corrected chi connectivity index (χ1v) is 7.08. The fourth-order valence-electron chi connectivity index (χ4n) is 2.74. The van der Waals surface area contributed by atoms with Crippen molar-refractivity contribution in [2.45, 2.75) is 70.9 Å². The highest BCUT2D eigenvalue weighted by atomic mass is 16.3. The molecule has 1 saturated carbocycles. The van der Waals surface area contributed by atoms with Gasteiger partial charge in [-0.3, -0.25) is 0 Å². The van der Waals surface area contributed by atoms with E-state index >= 15 is 0 Å². The van der Waals surface area contributed by atoms with E-state index in [1.807, 2.05) is 13.0 Å². The van der Waals surface area contributed by atoms with Gasteiger partial charge in [0.2, 0.25) is 0 Å². The van der Waals surface area contributed by atoms with Crippen LogP contribution in [0.15, 0.2) is 16.5 Å². The molecule has 0 bridgehead atoms. The average Bonchev–Trinajstić information content (AvgIpc) is 2.68. The number of aryl methyl sites for hydroxylation is 1. The fourth-order valence-corrected chi connectivity index (χ4v) is 2.74. The summed E-state index contributed by atoms with van der Waals surface area (Å²) < 4.78 is 5.68. The van der Waals surface area contributed by atoms with Crippen LogP contribution in [0.5, 0.6) is 0 Å². The molecule has 0 aliphatic heterocycles. The summed E-state index contributed by atoms with van der Waals surface area (Å²) in [6.07, 6.45) is 9.65. The summed E-state index contributed by atoms with van der Waals surface area (Å²) in [6, 6.07) is 5.16. The molecule has 1 N–H and O–H groups in total. The summed E-state index contributed by atoms with van der Waals surface area (Å²) in [5.74, 6) is 2.08. The summed E-state index contributed by atoms with van der Waals surface area (Å²) >= 11 is 0. The van der Waals surface area contributed by atoms with E-state index in [0.717, 1.165) is 11.5 Å². The van der Waals surface area contributed by atoms with Crippen molar-refractivity contribution in [2.75, 3.05) is 0 Å². The van der Waals surface area contributed by atoms with E-state index < -0.39 is 0 Å². The van der Waals surface area contributed by atoms with E-state index in [4.69, 9.17) is 4.42 Å². The average molecular weight is 235 g/mol. The van der Waals surface area contributed by atoms with Gasteiger partial charge in [-0.25, -0.2) is 0 Å². The van der Waals surface area contributed by atoms with Crippen LogP contribution < -0.4 is 5.32 Å². The maximum Gasteiger partial charge on any atom is 0.120 e. The van der Waals surface area contributed by atoms with E-state index in [9.17, 15) is 0 Å². The van der Waals surface area contributed by atoms with Crippen molar-refractivity contribution in [2.24, 2.45) is 0 Å². The minimum Gasteiger partial charge on any atom is -0.465 e. The molecule has 1 unspecified atom stereocenters. The Morgan fingerprint density at radius 3 is 2.35 bits per heavy atom. The molecule has 1 aromatic rings. The maximum atomic E-state index is 5.68. The van der Waals surface area contributed by atoms with Gasteiger partial charge in [-0.2, -0.15) is 0 Å². The molecular formula is C15H25NO. The smallest absolute Gasteiger partial charge is 0.120 e. The lowest BCUT2D eigenvalue weighted by atomic mass is 9.96. The molecule has 2 rings (SSSR count). The molecule has 0 amide bonds. The second-order valence-corrected chi connectivity index (χ2v) is 5.38. The summed E-state index contributed by atoms with van der Waals surface area (Å²) in [5.41, 5.74) is 0. The van der Waals surface area contributed by atoms with Gasteiger partial charge in [0.25, 0.3) is 0 Å². The Morgan fingerprint density at radius 2 is 1.76 bits per heavy atom. The predicted octanol–water partition coefficient (Wildman–Crippen LogP) is 4.35. The van der Waals surface area contributed by atoms with Crippen LogP contribution in [0.4, 0.5) is 0 Å². The van der Waals surface area contributed by atoms with Crippen molar-refractivity contribution in [3.63, 3.8) is 0 Å². The first kappa shape index (κ1) is 12.7. The van der Waals surface area contributed by atoms with Gasteiger partial charge >= 0.3 is 0 Å². The van der Waals surface area contributed by atoms with E-state index in [-0.39, 0.29) is 0 Å². The highest BCUT2D eigenvalue weighted by molar-refractivity contribution is 5.09. The maximum absolute atomic E-state index is 5.68. The van der Waals surface area contributed by atoms with Gasteiger partial charge in [-0.05, 0) is 38.8 Å². The Bertz CT molecular complexity index is 323. The van der Waals surface area contributed by atoms with Crippen molar-refractivity contribution < 1.29 is 4.42 Å². The molecule has 1 atom stereocenters. The SMILES string of the molecule is Cc1ccc(C(C)NC2CCCCCCC2)o1. The summed E-state index contributed by atoms with van der Waals surface area (Å²) in [4.78, 5) is 0. The third-order valence-electron chi connectivity index (χ3n) is 3.78. The zero-order chi connectivity index (χ0) is 12.1. The summed E-state index contributed by atoms with van der Waals surface area (Å²) in [7, 11) is 0. The molecule has 0 saturated heterocycles. The Morgan fingerprint density at radius 1 is 1.12 bits per heavy atom. The van der Waals surface area contributed by atoms with Crippen LogP contribution in [0.25, 0.3) is 0 Å². The lowest BCUT2D eigenvalue weighted by Gasteiger charge is -2.24. The first-order valence-electron chi connectivity index (χ1n) is 7.08. The van der Waals surface area contributed by atoms with E-state index in [1.54, 1.807) is 0 Å². The first-order chi connectivity index (χ1) is 8.25. The van der Waals surface area contributed by atoms with Crippen molar-refractivity contribution in [3.8, 4) is 0 Å². The van der Waals surface area contributed by atoms with Crippen LogP contribution in [0, 0.1) is 6.92 Å². The molecule has 2 nitrogen and oxygen atoms in total. The Kier molecular flexibility index (Phi) is 4.66. The van der Waals surface area contributed by atoms with Crippen LogP contribution in [-0.2, 0) is 0 Å². The van der Waals surface area contributed by atoms with Gasteiger partial charge in [0.05, 0.1) is 6.04 Å². The number of furan rings is 1. The molecule has 1 aliphatic carbocycles. The quantitative estimate of drug-likeness (QED) is 0.842. The molecule has 0 spiro atoms. The normalized spacial score (nSPS) is 20.8. The largest absolute Gasteiger partial charge is 0.465 e. The predicted molar refractivity (Wildman–Crippen MR) is 71.1 cm³/mol. The Hall–Kier alpha value is -0.760. The van der Waals surface area contributed by atoms with Crippen LogP contribution >= 0.6 is 0 Å². The van der Waals surface area contributed by atoms with Gasteiger partial charge in [0.1, 0.15) is 11.5 Å². The van der Waals surface area contributed by atoms with Crippen molar-refractivity contribution in [3.05, 3.63) is 23.7 Å². The number of hydrogen-bond acceptors (Lipinski definition) is 2.